The van der Waals surface area contributed by atoms with Gasteiger partial charge in [-0.3, -0.25) is 0 Å². The zero-order valence-electron chi connectivity index (χ0n) is 12.1. The van der Waals surface area contributed by atoms with E-state index in [1.807, 2.05) is 22.9 Å². The van der Waals surface area contributed by atoms with E-state index in [-0.39, 0.29) is 0 Å². The average Bonchev–Trinajstić information content (AvgIpc) is 3.16. The largest absolute Gasteiger partial charge is 0.334 e. The summed E-state index contributed by atoms with van der Waals surface area (Å²) in [4.78, 5) is 8.54. The van der Waals surface area contributed by atoms with E-state index >= 15 is 0 Å². The lowest BCUT2D eigenvalue weighted by atomic mass is 9.77. The summed E-state index contributed by atoms with van der Waals surface area (Å²) in [5, 5.41) is 4.07. The Labute approximate surface area is 128 Å². The van der Waals surface area contributed by atoms with Gasteiger partial charge in [-0.2, -0.15) is 4.98 Å². The average molecular weight is 295 g/mol. The maximum atomic E-state index is 6.24. The predicted molar refractivity (Wildman–Crippen MR) is 80.8 cm³/mol. The van der Waals surface area contributed by atoms with E-state index in [1.165, 1.54) is 0 Å². The molecule has 2 N–H and O–H groups in total. The number of nitrogens with zero attached hydrogens (tertiary/aromatic N) is 4. The zero-order chi connectivity index (χ0) is 15.0. The van der Waals surface area contributed by atoms with Crippen LogP contribution < -0.4 is 5.73 Å². The third-order valence-corrected chi connectivity index (χ3v) is 4.22. The molecule has 2 heterocycles. The number of nitrogens with two attached hydrogens (primary N) is 1. The summed E-state index contributed by atoms with van der Waals surface area (Å²) < 4.78 is 7.42. The van der Waals surface area contributed by atoms with Crippen LogP contribution in [-0.4, -0.2) is 19.7 Å². The van der Waals surface area contributed by atoms with Crippen molar-refractivity contribution in [1.29, 1.82) is 0 Å². The normalized spacial score (nSPS) is 16.4. The maximum absolute atomic E-state index is 6.24. The van der Waals surface area contributed by atoms with Gasteiger partial charge in [0, 0.05) is 24.5 Å². The first-order valence-electron chi connectivity index (χ1n) is 7.41. The van der Waals surface area contributed by atoms with Crippen LogP contribution in [0.4, 0.5) is 0 Å². The molecule has 6 nitrogen and oxygen atoms in total. The van der Waals surface area contributed by atoms with Crippen LogP contribution in [0.1, 0.15) is 30.7 Å². The fraction of sp³-hybridized carbons (Fsp3) is 0.312. The van der Waals surface area contributed by atoms with Crippen molar-refractivity contribution in [2.24, 2.45) is 5.73 Å². The van der Waals surface area contributed by atoms with Crippen LogP contribution in [0.2, 0.25) is 0 Å². The van der Waals surface area contributed by atoms with Gasteiger partial charge in [-0.05, 0) is 37.0 Å². The Bertz CT molecular complexity index is 773. The Morgan fingerprint density at radius 1 is 1.32 bits per heavy atom. The van der Waals surface area contributed by atoms with Gasteiger partial charge in [-0.15, -0.1) is 0 Å². The summed E-state index contributed by atoms with van der Waals surface area (Å²) in [6.07, 6.45) is 8.48. The molecule has 0 bridgehead atoms. The van der Waals surface area contributed by atoms with Crippen molar-refractivity contribution < 1.29 is 4.52 Å². The van der Waals surface area contributed by atoms with Crippen LogP contribution in [-0.2, 0) is 12.1 Å². The fourth-order valence-corrected chi connectivity index (χ4v) is 2.72. The fourth-order valence-electron chi connectivity index (χ4n) is 2.72. The van der Waals surface area contributed by atoms with E-state index in [0.717, 1.165) is 36.9 Å². The predicted octanol–water partition coefficient (Wildman–Crippen LogP) is 2.32. The lowest BCUT2D eigenvalue weighted by molar-refractivity contribution is 0.229. The highest BCUT2D eigenvalue weighted by Gasteiger charge is 2.39. The molecule has 0 radical (unpaired) electrons. The molecular formula is C16H17N5O. The SMILES string of the molecule is NC1(c2noc(-c3cccc(Cn4ccnc4)c3)n2)CCC1. The second-order valence-electron chi connectivity index (χ2n) is 5.87. The Kier molecular flexibility index (Phi) is 3.04. The van der Waals surface area contributed by atoms with Gasteiger partial charge < -0.3 is 14.8 Å². The molecule has 0 unspecified atom stereocenters. The van der Waals surface area contributed by atoms with E-state index in [2.05, 4.69) is 27.3 Å². The molecule has 6 heteroatoms. The van der Waals surface area contributed by atoms with Gasteiger partial charge in [0.1, 0.15) is 0 Å². The van der Waals surface area contributed by atoms with Crippen molar-refractivity contribution in [3.63, 3.8) is 0 Å². The number of aromatic nitrogens is 4. The van der Waals surface area contributed by atoms with Crippen molar-refractivity contribution in [3.8, 4) is 11.5 Å². The zero-order valence-corrected chi connectivity index (χ0v) is 12.1. The smallest absolute Gasteiger partial charge is 0.258 e. The molecule has 0 amide bonds. The monoisotopic (exact) mass is 295 g/mol. The van der Waals surface area contributed by atoms with Crippen molar-refractivity contribution in [1.82, 2.24) is 19.7 Å². The third kappa shape index (κ3) is 2.31. The molecule has 1 aliphatic rings. The molecule has 1 fully saturated rings. The van der Waals surface area contributed by atoms with Crippen LogP contribution in [0.3, 0.4) is 0 Å². The van der Waals surface area contributed by atoms with Crippen LogP contribution in [0.15, 0.2) is 47.5 Å². The quantitative estimate of drug-likeness (QED) is 0.798. The number of benzene rings is 1. The molecule has 1 aliphatic carbocycles. The maximum Gasteiger partial charge on any atom is 0.258 e. The summed E-state index contributed by atoms with van der Waals surface area (Å²) in [6.45, 7) is 0.760. The minimum atomic E-state index is -0.393. The molecule has 1 saturated carbocycles. The van der Waals surface area contributed by atoms with E-state index in [9.17, 15) is 0 Å². The highest BCUT2D eigenvalue weighted by molar-refractivity contribution is 5.54. The summed E-state index contributed by atoms with van der Waals surface area (Å²) in [5.41, 5.74) is 7.92. The number of hydrogen-bond acceptors (Lipinski definition) is 5. The molecular weight excluding hydrogens is 278 g/mol. The topological polar surface area (TPSA) is 82.8 Å². The second-order valence-corrected chi connectivity index (χ2v) is 5.87. The van der Waals surface area contributed by atoms with Gasteiger partial charge >= 0.3 is 0 Å². The Balaban J connectivity index is 1.60. The van der Waals surface area contributed by atoms with Crippen LogP contribution >= 0.6 is 0 Å². The summed E-state index contributed by atoms with van der Waals surface area (Å²) in [5.74, 6) is 1.15. The Hall–Kier alpha value is -2.47. The van der Waals surface area contributed by atoms with Crippen molar-refractivity contribution in [3.05, 3.63) is 54.4 Å². The molecule has 3 aromatic rings. The minimum Gasteiger partial charge on any atom is -0.334 e. The lowest BCUT2D eigenvalue weighted by Crippen LogP contribution is -2.44. The lowest BCUT2D eigenvalue weighted by Gasteiger charge is -2.34. The van der Waals surface area contributed by atoms with Crippen LogP contribution in [0, 0.1) is 0 Å². The first kappa shape index (κ1) is 13.2. The molecule has 0 spiro atoms. The Morgan fingerprint density at radius 2 is 2.23 bits per heavy atom. The van der Waals surface area contributed by atoms with Gasteiger partial charge in [-0.25, -0.2) is 4.98 Å². The molecule has 0 aliphatic heterocycles. The van der Waals surface area contributed by atoms with Crippen LogP contribution in [0.5, 0.6) is 0 Å². The third-order valence-electron chi connectivity index (χ3n) is 4.22. The number of hydrogen-bond donors (Lipinski definition) is 1. The number of rotatable bonds is 4. The van der Waals surface area contributed by atoms with E-state index < -0.39 is 5.54 Å². The first-order chi connectivity index (χ1) is 10.7. The molecule has 2 aromatic heterocycles. The van der Waals surface area contributed by atoms with E-state index in [1.54, 1.807) is 12.5 Å². The summed E-state index contributed by atoms with van der Waals surface area (Å²) in [7, 11) is 0. The first-order valence-corrected chi connectivity index (χ1v) is 7.41. The van der Waals surface area contributed by atoms with E-state index in [4.69, 9.17) is 10.3 Å². The van der Waals surface area contributed by atoms with Gasteiger partial charge in [0.25, 0.3) is 5.89 Å². The number of imidazole rings is 1. The van der Waals surface area contributed by atoms with Crippen LogP contribution in [0.25, 0.3) is 11.5 Å². The second kappa shape index (κ2) is 5.06. The highest BCUT2D eigenvalue weighted by atomic mass is 16.5. The van der Waals surface area contributed by atoms with Gasteiger partial charge in [0.2, 0.25) is 0 Å². The highest BCUT2D eigenvalue weighted by Crippen LogP contribution is 2.37. The molecule has 0 atom stereocenters. The minimum absolute atomic E-state index is 0.393. The van der Waals surface area contributed by atoms with Gasteiger partial charge in [-0.1, -0.05) is 17.3 Å². The summed E-state index contributed by atoms with van der Waals surface area (Å²) >= 11 is 0. The molecule has 22 heavy (non-hydrogen) atoms. The molecule has 112 valence electrons. The molecule has 4 rings (SSSR count). The van der Waals surface area contributed by atoms with E-state index in [0.29, 0.717) is 11.7 Å². The van der Waals surface area contributed by atoms with Gasteiger partial charge in [0.05, 0.1) is 11.9 Å². The van der Waals surface area contributed by atoms with Crippen molar-refractivity contribution >= 4 is 0 Å². The van der Waals surface area contributed by atoms with Gasteiger partial charge in [0.15, 0.2) is 5.82 Å². The molecule has 1 aromatic carbocycles. The molecule has 0 saturated heterocycles. The standard InChI is InChI=1S/C16H17N5O/c17-16(5-2-6-16)15-19-14(22-20-15)13-4-1-3-12(9-13)10-21-8-7-18-11-21/h1,3-4,7-9,11H,2,5-6,10,17H2. The van der Waals surface area contributed by atoms with Crippen molar-refractivity contribution in [2.75, 3.05) is 0 Å². The summed E-state index contributed by atoms with van der Waals surface area (Å²) in [6, 6.07) is 8.09. The Morgan fingerprint density at radius 3 is 2.95 bits per heavy atom. The van der Waals surface area contributed by atoms with Crippen molar-refractivity contribution in [2.45, 2.75) is 31.3 Å².